The molecule has 0 unspecified atom stereocenters. The Morgan fingerprint density at radius 3 is 1.50 bits per heavy atom. The standard InChI is InChI=1S/C44H28N4/c1-3-14-30(15-4-1)38-27-39(31-16-5-2-6-17-31)46-44(45-38)48-41-22-12-10-20-35(41)37-26-36-34-19-9-11-21-40(34)47(42(36)28-43(37)48)33-24-23-29-13-7-8-18-32(29)25-33/h1-28H. The Balaban J connectivity index is 1.32. The molecule has 0 aliphatic heterocycles. The second kappa shape index (κ2) is 10.5. The van der Waals surface area contributed by atoms with Crippen LogP contribution in [-0.2, 0) is 0 Å². The van der Waals surface area contributed by atoms with Crippen molar-refractivity contribution in [3.63, 3.8) is 0 Å². The number of rotatable bonds is 4. The third-order valence-corrected chi connectivity index (χ3v) is 9.51. The van der Waals surface area contributed by atoms with E-state index in [0.717, 1.165) is 44.8 Å². The molecule has 0 atom stereocenters. The molecular weight excluding hydrogens is 585 g/mol. The molecule has 10 rings (SSSR count). The van der Waals surface area contributed by atoms with E-state index in [2.05, 4.69) is 167 Å². The first-order valence-corrected chi connectivity index (χ1v) is 16.3. The normalized spacial score (nSPS) is 11.8. The Morgan fingerprint density at radius 1 is 0.333 bits per heavy atom. The molecule has 0 amide bonds. The fraction of sp³-hybridized carbons (Fsp3) is 0. The van der Waals surface area contributed by atoms with Gasteiger partial charge in [0, 0.05) is 38.4 Å². The highest BCUT2D eigenvalue weighted by atomic mass is 15.2. The van der Waals surface area contributed by atoms with Crippen LogP contribution < -0.4 is 0 Å². The molecule has 4 heteroatoms. The number of hydrogen-bond donors (Lipinski definition) is 0. The first-order valence-electron chi connectivity index (χ1n) is 16.3. The fourth-order valence-corrected chi connectivity index (χ4v) is 7.29. The average Bonchev–Trinajstić information content (AvgIpc) is 3.66. The van der Waals surface area contributed by atoms with Gasteiger partial charge in [-0.05, 0) is 53.2 Å². The number of benzene rings is 7. The fourth-order valence-electron chi connectivity index (χ4n) is 7.29. The van der Waals surface area contributed by atoms with Gasteiger partial charge in [-0.25, -0.2) is 9.97 Å². The summed E-state index contributed by atoms with van der Waals surface area (Å²) in [7, 11) is 0. The highest BCUT2D eigenvalue weighted by Crippen LogP contribution is 2.40. The van der Waals surface area contributed by atoms with E-state index in [1.54, 1.807) is 0 Å². The summed E-state index contributed by atoms with van der Waals surface area (Å²) in [5.74, 6) is 0.647. The van der Waals surface area contributed by atoms with Gasteiger partial charge in [-0.3, -0.25) is 4.57 Å². The molecule has 48 heavy (non-hydrogen) atoms. The summed E-state index contributed by atoms with van der Waals surface area (Å²) >= 11 is 0. The quantitative estimate of drug-likeness (QED) is 0.198. The van der Waals surface area contributed by atoms with Gasteiger partial charge in [0.1, 0.15) is 0 Å². The molecule has 0 saturated carbocycles. The molecule has 0 bridgehead atoms. The minimum atomic E-state index is 0.647. The second-order valence-corrected chi connectivity index (χ2v) is 12.3. The molecular formula is C44H28N4. The van der Waals surface area contributed by atoms with Crippen LogP contribution in [0.5, 0.6) is 0 Å². The third-order valence-electron chi connectivity index (χ3n) is 9.51. The van der Waals surface area contributed by atoms with Gasteiger partial charge in [0.25, 0.3) is 0 Å². The predicted molar refractivity (Wildman–Crippen MR) is 199 cm³/mol. The summed E-state index contributed by atoms with van der Waals surface area (Å²) in [4.78, 5) is 10.5. The zero-order valence-electron chi connectivity index (χ0n) is 26.0. The van der Waals surface area contributed by atoms with E-state index in [9.17, 15) is 0 Å². The zero-order chi connectivity index (χ0) is 31.6. The highest BCUT2D eigenvalue weighted by Gasteiger charge is 2.20. The number of hydrogen-bond acceptors (Lipinski definition) is 2. The van der Waals surface area contributed by atoms with Crippen LogP contribution in [0.2, 0.25) is 0 Å². The van der Waals surface area contributed by atoms with Gasteiger partial charge in [-0.1, -0.05) is 127 Å². The van der Waals surface area contributed by atoms with Crippen LogP contribution in [0.1, 0.15) is 0 Å². The van der Waals surface area contributed by atoms with Crippen LogP contribution in [0.25, 0.3) is 88.5 Å². The summed E-state index contributed by atoms with van der Waals surface area (Å²) in [5.41, 5.74) is 9.48. The first kappa shape index (κ1) is 26.7. The summed E-state index contributed by atoms with van der Waals surface area (Å²) in [6.45, 7) is 0. The first-order chi connectivity index (χ1) is 23.8. The number of para-hydroxylation sites is 2. The van der Waals surface area contributed by atoms with Crippen LogP contribution in [0, 0.1) is 0 Å². The van der Waals surface area contributed by atoms with Gasteiger partial charge < -0.3 is 4.57 Å². The molecule has 3 aromatic heterocycles. The topological polar surface area (TPSA) is 35.6 Å². The van der Waals surface area contributed by atoms with Crippen LogP contribution in [0.4, 0.5) is 0 Å². The Bertz CT molecular complexity index is 2770. The molecule has 0 fully saturated rings. The molecule has 7 aromatic carbocycles. The van der Waals surface area contributed by atoms with Crippen molar-refractivity contribution in [3.8, 4) is 34.2 Å². The van der Waals surface area contributed by atoms with Gasteiger partial charge >= 0.3 is 0 Å². The van der Waals surface area contributed by atoms with Crippen molar-refractivity contribution in [1.82, 2.24) is 19.1 Å². The highest BCUT2D eigenvalue weighted by molar-refractivity contribution is 6.19. The maximum absolute atomic E-state index is 5.25. The van der Waals surface area contributed by atoms with Crippen LogP contribution in [-0.4, -0.2) is 19.1 Å². The summed E-state index contributed by atoms with van der Waals surface area (Å²) in [5, 5.41) is 7.25. The van der Waals surface area contributed by atoms with Crippen LogP contribution in [0.15, 0.2) is 170 Å². The van der Waals surface area contributed by atoms with E-state index in [1.807, 2.05) is 12.1 Å². The van der Waals surface area contributed by atoms with E-state index in [0.29, 0.717) is 5.95 Å². The number of aromatic nitrogens is 4. The molecule has 0 aliphatic rings. The zero-order valence-corrected chi connectivity index (χ0v) is 26.0. The van der Waals surface area contributed by atoms with Gasteiger partial charge in [0.2, 0.25) is 5.95 Å². The summed E-state index contributed by atoms with van der Waals surface area (Å²) < 4.78 is 4.64. The van der Waals surface area contributed by atoms with E-state index in [4.69, 9.17) is 9.97 Å². The summed E-state index contributed by atoms with van der Waals surface area (Å²) in [6, 6.07) is 60.1. The minimum Gasteiger partial charge on any atom is -0.309 e. The molecule has 0 N–H and O–H groups in total. The SMILES string of the molecule is c1ccc(-c2cc(-c3ccccc3)nc(-n3c4ccccc4c4cc5c6ccccc6n(-c6ccc7ccccc7c6)c5cc43)n2)cc1. The monoisotopic (exact) mass is 612 g/mol. The molecule has 3 heterocycles. The smallest absolute Gasteiger partial charge is 0.235 e. The van der Waals surface area contributed by atoms with E-state index < -0.39 is 0 Å². The lowest BCUT2D eigenvalue weighted by molar-refractivity contribution is 0.995. The Hall–Kier alpha value is -6.52. The van der Waals surface area contributed by atoms with Crippen molar-refractivity contribution in [2.24, 2.45) is 0 Å². The van der Waals surface area contributed by atoms with Crippen molar-refractivity contribution in [1.29, 1.82) is 0 Å². The Kier molecular flexibility index (Phi) is 5.84. The van der Waals surface area contributed by atoms with Gasteiger partial charge in [-0.15, -0.1) is 0 Å². The van der Waals surface area contributed by atoms with Crippen LogP contribution in [0.3, 0.4) is 0 Å². The third kappa shape index (κ3) is 4.10. The Morgan fingerprint density at radius 2 is 0.854 bits per heavy atom. The van der Waals surface area contributed by atoms with Crippen LogP contribution >= 0.6 is 0 Å². The van der Waals surface area contributed by atoms with E-state index in [1.165, 1.54) is 37.8 Å². The molecule has 10 aromatic rings. The number of nitrogens with zero attached hydrogens (tertiary/aromatic N) is 4. The van der Waals surface area contributed by atoms with Gasteiger partial charge in [0.15, 0.2) is 0 Å². The van der Waals surface area contributed by atoms with E-state index in [-0.39, 0.29) is 0 Å². The summed E-state index contributed by atoms with van der Waals surface area (Å²) in [6.07, 6.45) is 0. The lowest BCUT2D eigenvalue weighted by atomic mass is 10.1. The van der Waals surface area contributed by atoms with Crippen molar-refractivity contribution in [2.45, 2.75) is 0 Å². The van der Waals surface area contributed by atoms with Crippen molar-refractivity contribution in [3.05, 3.63) is 170 Å². The largest absolute Gasteiger partial charge is 0.309 e. The molecule has 4 nitrogen and oxygen atoms in total. The van der Waals surface area contributed by atoms with Crippen molar-refractivity contribution < 1.29 is 0 Å². The van der Waals surface area contributed by atoms with Crippen molar-refractivity contribution >= 4 is 54.4 Å². The Labute approximate surface area is 276 Å². The molecule has 0 spiro atoms. The lowest BCUT2D eigenvalue weighted by Crippen LogP contribution is -2.04. The predicted octanol–water partition coefficient (Wildman–Crippen LogP) is 11.2. The molecule has 0 aliphatic carbocycles. The maximum atomic E-state index is 5.25. The van der Waals surface area contributed by atoms with Gasteiger partial charge in [-0.2, -0.15) is 0 Å². The van der Waals surface area contributed by atoms with Crippen molar-refractivity contribution in [2.75, 3.05) is 0 Å². The molecule has 224 valence electrons. The lowest BCUT2D eigenvalue weighted by Gasteiger charge is -2.12. The maximum Gasteiger partial charge on any atom is 0.235 e. The second-order valence-electron chi connectivity index (χ2n) is 12.3. The number of fused-ring (bicyclic) bond motifs is 7. The molecule has 0 radical (unpaired) electrons. The molecule has 0 saturated heterocycles. The minimum absolute atomic E-state index is 0.647. The van der Waals surface area contributed by atoms with Gasteiger partial charge in [0.05, 0.1) is 33.5 Å². The average molecular weight is 613 g/mol. The van der Waals surface area contributed by atoms with E-state index >= 15 is 0 Å².